The molecule has 0 aliphatic carbocycles. The van der Waals surface area contributed by atoms with Gasteiger partial charge in [-0.05, 0) is 37.1 Å². The molecule has 0 aliphatic rings. The van der Waals surface area contributed by atoms with Gasteiger partial charge in [-0.25, -0.2) is 0 Å². The van der Waals surface area contributed by atoms with Crippen LogP contribution in [0.25, 0.3) is 0 Å². The van der Waals surface area contributed by atoms with Gasteiger partial charge in [-0.1, -0.05) is 54.1 Å². The number of hydrogen-bond acceptors (Lipinski definition) is 2. The van der Waals surface area contributed by atoms with Crippen LogP contribution in [0.1, 0.15) is 31.0 Å². The molecule has 0 saturated carbocycles. The average molecular weight is 290 g/mol. The zero-order valence-corrected chi connectivity index (χ0v) is 12.6. The molecule has 0 amide bonds. The molecule has 2 aromatic rings. The van der Waals surface area contributed by atoms with Crippen LogP contribution in [0, 0.1) is 0 Å². The highest BCUT2D eigenvalue weighted by atomic mass is 35.5. The first-order valence-corrected chi connectivity index (χ1v) is 7.13. The maximum absolute atomic E-state index is 10.5. The van der Waals surface area contributed by atoms with Crippen LogP contribution in [0.4, 0.5) is 0 Å². The van der Waals surface area contributed by atoms with Gasteiger partial charge < -0.3 is 10.4 Å². The highest BCUT2D eigenvalue weighted by Crippen LogP contribution is 2.22. The average Bonchev–Trinajstić information content (AvgIpc) is 2.46. The summed E-state index contributed by atoms with van der Waals surface area (Å²) in [6, 6.07) is 17.6. The van der Waals surface area contributed by atoms with Crippen molar-refractivity contribution in [3.05, 3.63) is 70.7 Å². The minimum atomic E-state index is -0.895. The molecule has 2 unspecified atom stereocenters. The maximum atomic E-state index is 10.5. The molecular weight excluding hydrogens is 270 g/mol. The van der Waals surface area contributed by atoms with Crippen molar-refractivity contribution in [2.24, 2.45) is 0 Å². The Balaban J connectivity index is 2.01. The number of benzene rings is 2. The van der Waals surface area contributed by atoms with Crippen LogP contribution in [0.2, 0.25) is 5.02 Å². The normalized spacial score (nSPS) is 15.6. The van der Waals surface area contributed by atoms with E-state index in [9.17, 15) is 5.11 Å². The smallest absolute Gasteiger partial charge is 0.0992 e. The Morgan fingerprint density at radius 2 is 1.85 bits per heavy atom. The molecule has 0 saturated heterocycles. The third kappa shape index (κ3) is 3.83. The van der Waals surface area contributed by atoms with E-state index in [4.69, 9.17) is 11.6 Å². The van der Waals surface area contributed by atoms with Gasteiger partial charge >= 0.3 is 0 Å². The maximum Gasteiger partial charge on any atom is 0.0992 e. The van der Waals surface area contributed by atoms with E-state index >= 15 is 0 Å². The first-order valence-electron chi connectivity index (χ1n) is 6.76. The molecule has 20 heavy (non-hydrogen) atoms. The van der Waals surface area contributed by atoms with Gasteiger partial charge in [-0.3, -0.25) is 0 Å². The lowest BCUT2D eigenvalue weighted by atomic mass is 9.95. The minimum absolute atomic E-state index is 0.129. The van der Waals surface area contributed by atoms with Crippen molar-refractivity contribution >= 4 is 11.6 Å². The van der Waals surface area contributed by atoms with Gasteiger partial charge in [0.1, 0.15) is 0 Å². The molecule has 2 rings (SSSR count). The molecule has 0 aromatic heterocycles. The Bertz CT molecular complexity index is 554. The Morgan fingerprint density at radius 1 is 1.15 bits per heavy atom. The van der Waals surface area contributed by atoms with Crippen LogP contribution in [0.3, 0.4) is 0 Å². The summed E-state index contributed by atoms with van der Waals surface area (Å²) in [7, 11) is 0. The van der Waals surface area contributed by atoms with Gasteiger partial charge in [0.15, 0.2) is 0 Å². The fraction of sp³-hybridized carbons (Fsp3) is 0.294. The molecule has 0 fully saturated rings. The van der Waals surface area contributed by atoms with E-state index in [2.05, 4.69) is 12.2 Å². The Kier molecular flexibility index (Phi) is 4.81. The van der Waals surface area contributed by atoms with Crippen molar-refractivity contribution in [3.8, 4) is 0 Å². The molecule has 106 valence electrons. The van der Waals surface area contributed by atoms with Crippen LogP contribution < -0.4 is 5.32 Å². The van der Waals surface area contributed by atoms with E-state index < -0.39 is 5.60 Å². The van der Waals surface area contributed by atoms with E-state index in [0.29, 0.717) is 6.54 Å². The number of rotatable bonds is 5. The lowest BCUT2D eigenvalue weighted by molar-refractivity contribution is 0.0543. The molecule has 0 bridgehead atoms. The van der Waals surface area contributed by atoms with Gasteiger partial charge in [-0.2, -0.15) is 0 Å². The Labute approximate surface area is 125 Å². The minimum Gasteiger partial charge on any atom is -0.384 e. The van der Waals surface area contributed by atoms with E-state index in [1.54, 1.807) is 0 Å². The quantitative estimate of drug-likeness (QED) is 0.875. The van der Waals surface area contributed by atoms with Gasteiger partial charge in [0.25, 0.3) is 0 Å². The fourth-order valence-corrected chi connectivity index (χ4v) is 2.34. The first-order chi connectivity index (χ1) is 9.49. The largest absolute Gasteiger partial charge is 0.384 e. The van der Waals surface area contributed by atoms with Crippen LogP contribution in [0.5, 0.6) is 0 Å². The molecule has 2 atom stereocenters. The second-order valence-electron chi connectivity index (χ2n) is 5.30. The lowest BCUT2D eigenvalue weighted by Crippen LogP contribution is -2.36. The van der Waals surface area contributed by atoms with Crippen molar-refractivity contribution in [2.45, 2.75) is 25.5 Å². The zero-order chi connectivity index (χ0) is 14.6. The summed E-state index contributed by atoms with van der Waals surface area (Å²) in [6.45, 7) is 4.36. The summed E-state index contributed by atoms with van der Waals surface area (Å²) >= 11 is 6.00. The van der Waals surface area contributed by atoms with Gasteiger partial charge in [0.05, 0.1) is 5.60 Å². The molecule has 2 nitrogen and oxygen atoms in total. The third-order valence-corrected chi connectivity index (χ3v) is 3.73. The highest BCUT2D eigenvalue weighted by molar-refractivity contribution is 6.30. The number of aliphatic hydroxyl groups is 1. The van der Waals surface area contributed by atoms with E-state index in [1.165, 1.54) is 0 Å². The molecule has 0 radical (unpaired) electrons. The molecule has 2 N–H and O–H groups in total. The van der Waals surface area contributed by atoms with Crippen molar-refractivity contribution in [3.63, 3.8) is 0 Å². The van der Waals surface area contributed by atoms with Crippen molar-refractivity contribution in [1.82, 2.24) is 5.32 Å². The standard InChI is InChI=1S/C17H20ClNO/c1-13(14-7-6-10-16(18)11-14)19-12-17(2,20)15-8-4-3-5-9-15/h3-11,13,19-20H,12H2,1-2H3. The van der Waals surface area contributed by atoms with E-state index in [-0.39, 0.29) is 6.04 Å². The number of hydrogen-bond donors (Lipinski definition) is 2. The summed E-state index contributed by atoms with van der Waals surface area (Å²) < 4.78 is 0. The lowest BCUT2D eigenvalue weighted by Gasteiger charge is -2.26. The fourth-order valence-electron chi connectivity index (χ4n) is 2.14. The van der Waals surface area contributed by atoms with E-state index in [1.807, 2.05) is 61.5 Å². The van der Waals surface area contributed by atoms with Crippen LogP contribution in [0.15, 0.2) is 54.6 Å². The molecule has 3 heteroatoms. The summed E-state index contributed by atoms with van der Waals surface area (Å²) in [6.07, 6.45) is 0. The van der Waals surface area contributed by atoms with Crippen LogP contribution in [-0.4, -0.2) is 11.7 Å². The second-order valence-corrected chi connectivity index (χ2v) is 5.73. The molecule has 0 aliphatic heterocycles. The van der Waals surface area contributed by atoms with Crippen LogP contribution >= 0.6 is 11.6 Å². The van der Waals surface area contributed by atoms with Gasteiger partial charge in [-0.15, -0.1) is 0 Å². The predicted molar refractivity (Wildman–Crippen MR) is 83.9 cm³/mol. The number of halogens is 1. The molecule has 0 heterocycles. The molecular formula is C17H20ClNO. The Morgan fingerprint density at radius 3 is 2.50 bits per heavy atom. The summed E-state index contributed by atoms with van der Waals surface area (Å²) in [4.78, 5) is 0. The summed E-state index contributed by atoms with van der Waals surface area (Å²) in [5.74, 6) is 0. The number of nitrogens with one attached hydrogen (secondary N) is 1. The second kappa shape index (κ2) is 6.40. The van der Waals surface area contributed by atoms with Gasteiger partial charge in [0, 0.05) is 17.6 Å². The van der Waals surface area contributed by atoms with E-state index in [0.717, 1.165) is 16.1 Å². The Hall–Kier alpha value is -1.35. The summed E-state index contributed by atoms with van der Waals surface area (Å²) in [5.41, 5.74) is 1.13. The van der Waals surface area contributed by atoms with Crippen molar-refractivity contribution in [1.29, 1.82) is 0 Å². The van der Waals surface area contributed by atoms with Gasteiger partial charge in [0.2, 0.25) is 0 Å². The predicted octanol–water partition coefficient (Wildman–Crippen LogP) is 3.90. The van der Waals surface area contributed by atoms with Crippen molar-refractivity contribution in [2.75, 3.05) is 6.54 Å². The highest BCUT2D eigenvalue weighted by Gasteiger charge is 2.23. The third-order valence-electron chi connectivity index (χ3n) is 3.50. The monoisotopic (exact) mass is 289 g/mol. The SMILES string of the molecule is CC(NCC(C)(O)c1ccccc1)c1cccc(Cl)c1. The topological polar surface area (TPSA) is 32.3 Å². The molecule has 0 spiro atoms. The van der Waals surface area contributed by atoms with Crippen molar-refractivity contribution < 1.29 is 5.11 Å². The molecule has 2 aromatic carbocycles. The summed E-state index contributed by atoms with van der Waals surface area (Å²) in [5, 5.41) is 14.6. The first kappa shape index (κ1) is 15.0. The van der Waals surface area contributed by atoms with Crippen LogP contribution in [-0.2, 0) is 5.60 Å². The zero-order valence-electron chi connectivity index (χ0n) is 11.8.